The topological polar surface area (TPSA) is 95.6 Å². The average molecular weight is 309 g/mol. The molecule has 0 aliphatic carbocycles. The fraction of sp³-hybridized carbons (Fsp3) is 0.333. The molecule has 0 amide bonds. The lowest BCUT2D eigenvalue weighted by Gasteiger charge is -2.15. The molecule has 1 aromatic rings. The molecule has 1 rings (SSSR count). The van der Waals surface area contributed by atoms with Crippen LogP contribution >= 0.6 is 15.9 Å². The lowest BCUT2D eigenvalue weighted by molar-refractivity contribution is -0.384. The summed E-state index contributed by atoms with van der Waals surface area (Å²) in [6.07, 6.45) is 0. The highest BCUT2D eigenvalue weighted by atomic mass is 79.9. The highest BCUT2D eigenvalue weighted by Gasteiger charge is 2.19. The van der Waals surface area contributed by atoms with Crippen LogP contribution in [0.3, 0.4) is 0 Å². The first-order chi connectivity index (χ1) is 7.99. The molecule has 0 spiro atoms. The number of anilines is 1. The van der Waals surface area contributed by atoms with Gasteiger partial charge in [-0.15, -0.1) is 0 Å². The monoisotopic (exact) mass is 308 g/mol. The van der Waals surface area contributed by atoms with Crippen LogP contribution in [0.4, 0.5) is 15.8 Å². The van der Waals surface area contributed by atoms with Crippen molar-refractivity contribution in [3.05, 3.63) is 32.5 Å². The Morgan fingerprint density at radius 2 is 2.06 bits per heavy atom. The molecule has 94 valence electrons. The highest BCUT2D eigenvalue weighted by Crippen LogP contribution is 2.30. The molecule has 0 heterocycles. The summed E-state index contributed by atoms with van der Waals surface area (Å²) in [4.78, 5) is 9.96. The van der Waals surface area contributed by atoms with Crippen molar-refractivity contribution in [2.45, 2.75) is 6.04 Å². The number of nitrogens with one attached hydrogen (secondary N) is 1. The number of aliphatic hydroxyl groups excluding tert-OH is 2. The summed E-state index contributed by atoms with van der Waals surface area (Å²) in [5.41, 5.74) is -0.436. The van der Waals surface area contributed by atoms with Gasteiger partial charge in [0.1, 0.15) is 11.5 Å². The van der Waals surface area contributed by atoms with Gasteiger partial charge in [-0.2, -0.15) is 0 Å². The second-order valence-electron chi connectivity index (χ2n) is 3.25. The molecule has 0 atom stereocenters. The summed E-state index contributed by atoms with van der Waals surface area (Å²) >= 11 is 2.90. The van der Waals surface area contributed by atoms with Gasteiger partial charge in [0, 0.05) is 0 Å². The molecule has 0 aromatic heterocycles. The number of halogens is 2. The Morgan fingerprint density at radius 1 is 1.47 bits per heavy atom. The summed E-state index contributed by atoms with van der Waals surface area (Å²) in [7, 11) is 0. The van der Waals surface area contributed by atoms with Gasteiger partial charge in [-0.3, -0.25) is 10.1 Å². The lowest BCUT2D eigenvalue weighted by atomic mass is 10.2. The maximum atomic E-state index is 13.1. The van der Waals surface area contributed by atoms with Gasteiger partial charge in [0.25, 0.3) is 5.69 Å². The first-order valence-electron chi connectivity index (χ1n) is 4.61. The van der Waals surface area contributed by atoms with Crippen molar-refractivity contribution in [2.24, 2.45) is 0 Å². The van der Waals surface area contributed by atoms with Crippen molar-refractivity contribution in [3.8, 4) is 0 Å². The quantitative estimate of drug-likeness (QED) is 0.562. The number of rotatable bonds is 5. The van der Waals surface area contributed by atoms with Gasteiger partial charge < -0.3 is 15.5 Å². The number of nitro groups is 1. The minimum atomic E-state index is -0.758. The highest BCUT2D eigenvalue weighted by molar-refractivity contribution is 9.10. The Hall–Kier alpha value is -1.25. The van der Waals surface area contributed by atoms with Crippen LogP contribution in [0.1, 0.15) is 0 Å². The molecule has 0 radical (unpaired) electrons. The zero-order valence-electron chi connectivity index (χ0n) is 8.56. The first kappa shape index (κ1) is 13.8. The summed E-state index contributed by atoms with van der Waals surface area (Å²) in [5.74, 6) is -0.758. The number of nitrogens with zero attached hydrogens (tertiary/aromatic N) is 1. The lowest BCUT2D eigenvalue weighted by Crippen LogP contribution is -2.28. The molecular weight excluding hydrogens is 299 g/mol. The zero-order chi connectivity index (χ0) is 13.0. The van der Waals surface area contributed by atoms with Gasteiger partial charge in [0.05, 0.1) is 34.7 Å². The van der Waals surface area contributed by atoms with Crippen molar-refractivity contribution >= 4 is 27.3 Å². The third-order valence-corrected chi connectivity index (χ3v) is 2.64. The Labute approximate surface area is 104 Å². The van der Waals surface area contributed by atoms with Crippen LogP contribution in [0.15, 0.2) is 16.6 Å². The van der Waals surface area contributed by atoms with E-state index < -0.39 is 35.7 Å². The van der Waals surface area contributed by atoms with Crippen molar-refractivity contribution in [1.82, 2.24) is 0 Å². The van der Waals surface area contributed by atoms with Crippen LogP contribution in [0.5, 0.6) is 0 Å². The maximum absolute atomic E-state index is 13.1. The molecule has 8 heteroatoms. The predicted molar refractivity (Wildman–Crippen MR) is 62.3 cm³/mol. The van der Waals surface area contributed by atoms with Gasteiger partial charge >= 0.3 is 0 Å². The molecule has 1 aromatic carbocycles. The maximum Gasteiger partial charge on any atom is 0.295 e. The van der Waals surface area contributed by atoms with Crippen molar-refractivity contribution in [3.63, 3.8) is 0 Å². The molecule has 0 aliphatic rings. The third kappa shape index (κ3) is 3.35. The molecule has 0 aliphatic heterocycles. The number of hydrogen-bond donors (Lipinski definition) is 3. The second-order valence-corrected chi connectivity index (χ2v) is 4.10. The van der Waals surface area contributed by atoms with Gasteiger partial charge in [0.15, 0.2) is 0 Å². The first-order valence-corrected chi connectivity index (χ1v) is 5.40. The Kier molecular flexibility index (Phi) is 4.79. The standard InChI is InChI=1S/C9H10BrFN2O4/c10-6-1-8(12-5(3-14)4-15)9(13(16)17)2-7(6)11/h1-2,5,12,14-15H,3-4H2. The van der Waals surface area contributed by atoms with E-state index >= 15 is 0 Å². The molecule has 6 nitrogen and oxygen atoms in total. The van der Waals surface area contributed by atoms with Crippen LogP contribution < -0.4 is 5.32 Å². The largest absolute Gasteiger partial charge is 0.394 e. The SMILES string of the molecule is O=[N+]([O-])c1cc(F)c(Br)cc1NC(CO)CO. The van der Waals surface area contributed by atoms with Gasteiger partial charge in [-0.25, -0.2) is 4.39 Å². The molecule has 3 N–H and O–H groups in total. The number of hydrogen-bond acceptors (Lipinski definition) is 5. The van der Waals surface area contributed by atoms with E-state index in [-0.39, 0.29) is 10.2 Å². The number of benzene rings is 1. The van der Waals surface area contributed by atoms with Crippen LogP contribution in [0, 0.1) is 15.9 Å². The minimum Gasteiger partial charge on any atom is -0.394 e. The predicted octanol–water partition coefficient (Wildman–Crippen LogP) is 1.26. The summed E-state index contributed by atoms with van der Waals surface area (Å²) in [6, 6.07) is 1.20. The van der Waals surface area contributed by atoms with Gasteiger partial charge in [0.2, 0.25) is 0 Å². The summed E-state index contributed by atoms with van der Waals surface area (Å²) in [6.45, 7) is -0.800. The normalized spacial score (nSPS) is 10.6. The minimum absolute atomic E-state index is 0.0244. The van der Waals surface area contributed by atoms with Gasteiger partial charge in [-0.05, 0) is 22.0 Å². The van der Waals surface area contributed by atoms with E-state index in [4.69, 9.17) is 10.2 Å². The van der Waals surface area contributed by atoms with Gasteiger partial charge in [-0.1, -0.05) is 0 Å². The molecule has 0 saturated heterocycles. The Bertz CT molecular complexity index is 426. The summed E-state index contributed by atoms with van der Waals surface area (Å²) in [5, 5.41) is 31.0. The Balaban J connectivity index is 3.12. The van der Waals surface area contributed by atoms with E-state index in [0.717, 1.165) is 6.07 Å². The van der Waals surface area contributed by atoms with E-state index in [1.165, 1.54) is 6.07 Å². The fourth-order valence-electron chi connectivity index (χ4n) is 1.17. The molecule has 0 fully saturated rings. The van der Waals surface area contributed by atoms with E-state index in [1.807, 2.05) is 0 Å². The van der Waals surface area contributed by atoms with Crippen molar-refractivity contribution < 1.29 is 19.5 Å². The third-order valence-electron chi connectivity index (χ3n) is 2.04. The molecule has 0 bridgehead atoms. The summed E-state index contributed by atoms with van der Waals surface area (Å²) < 4.78 is 13.2. The van der Waals surface area contributed by atoms with E-state index in [2.05, 4.69) is 21.2 Å². The smallest absolute Gasteiger partial charge is 0.295 e. The Morgan fingerprint density at radius 3 is 2.53 bits per heavy atom. The van der Waals surface area contributed by atoms with Crippen LogP contribution in [0.25, 0.3) is 0 Å². The van der Waals surface area contributed by atoms with Crippen LogP contribution in [-0.2, 0) is 0 Å². The van der Waals surface area contributed by atoms with Crippen LogP contribution in [0.2, 0.25) is 0 Å². The second kappa shape index (κ2) is 5.89. The number of nitro benzene ring substituents is 1. The zero-order valence-corrected chi connectivity index (χ0v) is 10.1. The fourth-order valence-corrected chi connectivity index (χ4v) is 1.52. The van der Waals surface area contributed by atoms with Crippen LogP contribution in [-0.4, -0.2) is 34.4 Å². The van der Waals surface area contributed by atoms with Crippen molar-refractivity contribution in [1.29, 1.82) is 0 Å². The van der Waals surface area contributed by atoms with E-state index in [9.17, 15) is 14.5 Å². The number of aliphatic hydroxyl groups is 2. The van der Waals surface area contributed by atoms with E-state index in [1.54, 1.807) is 0 Å². The molecule has 17 heavy (non-hydrogen) atoms. The molecule has 0 saturated carbocycles. The molecular formula is C9H10BrFN2O4. The molecule has 0 unspecified atom stereocenters. The average Bonchev–Trinajstić information content (AvgIpc) is 2.29. The van der Waals surface area contributed by atoms with Crippen molar-refractivity contribution in [2.75, 3.05) is 18.5 Å². The van der Waals surface area contributed by atoms with E-state index in [0.29, 0.717) is 0 Å².